The summed E-state index contributed by atoms with van der Waals surface area (Å²) in [5.41, 5.74) is 5.92. The van der Waals surface area contributed by atoms with E-state index < -0.39 is 0 Å². The molecule has 0 amide bonds. The van der Waals surface area contributed by atoms with Crippen molar-refractivity contribution in [1.82, 2.24) is 4.90 Å². The van der Waals surface area contributed by atoms with Crippen molar-refractivity contribution >= 4 is 0 Å². The molecule has 1 unspecified atom stereocenters. The third-order valence-corrected chi connectivity index (χ3v) is 2.90. The Labute approximate surface area is 94.0 Å². The van der Waals surface area contributed by atoms with Crippen LogP contribution in [0.15, 0.2) is 0 Å². The maximum absolute atomic E-state index is 5.94. The van der Waals surface area contributed by atoms with Gasteiger partial charge in [-0.25, -0.2) is 0 Å². The highest BCUT2D eigenvalue weighted by Crippen LogP contribution is 2.13. The zero-order valence-electron chi connectivity index (χ0n) is 10.5. The van der Waals surface area contributed by atoms with E-state index in [-0.39, 0.29) is 5.54 Å². The molecule has 0 aromatic heterocycles. The maximum atomic E-state index is 5.94. The van der Waals surface area contributed by atoms with Gasteiger partial charge in [-0.2, -0.15) is 0 Å². The van der Waals surface area contributed by atoms with Gasteiger partial charge >= 0.3 is 0 Å². The fourth-order valence-electron chi connectivity index (χ4n) is 2.03. The highest BCUT2D eigenvalue weighted by molar-refractivity contribution is 4.73. The van der Waals surface area contributed by atoms with Gasteiger partial charge in [-0.15, -0.1) is 0 Å². The van der Waals surface area contributed by atoms with E-state index in [9.17, 15) is 0 Å². The van der Waals surface area contributed by atoms with Crippen molar-refractivity contribution in [3.05, 3.63) is 0 Å². The lowest BCUT2D eigenvalue weighted by Crippen LogP contribution is -2.34. The summed E-state index contributed by atoms with van der Waals surface area (Å²) in [6.45, 7) is 7.33. The Morgan fingerprint density at radius 1 is 1.47 bits per heavy atom. The standard InChI is InChI=1S/C12H26N2O/c1-12(2,13)7-5-8-14(3)10-11-6-4-9-15-11/h11H,4-10,13H2,1-3H3. The summed E-state index contributed by atoms with van der Waals surface area (Å²) in [4.78, 5) is 2.36. The molecule has 1 aliphatic heterocycles. The molecule has 1 aliphatic rings. The first-order chi connectivity index (χ1) is 6.97. The van der Waals surface area contributed by atoms with E-state index in [1.54, 1.807) is 0 Å². The number of ether oxygens (including phenoxy) is 1. The summed E-state index contributed by atoms with van der Waals surface area (Å²) < 4.78 is 5.60. The van der Waals surface area contributed by atoms with E-state index in [4.69, 9.17) is 10.5 Å². The van der Waals surface area contributed by atoms with Crippen molar-refractivity contribution < 1.29 is 4.74 Å². The van der Waals surface area contributed by atoms with Crippen molar-refractivity contribution in [2.75, 3.05) is 26.7 Å². The lowest BCUT2D eigenvalue weighted by Gasteiger charge is -2.23. The highest BCUT2D eigenvalue weighted by atomic mass is 16.5. The molecule has 0 aromatic rings. The van der Waals surface area contributed by atoms with E-state index in [0.29, 0.717) is 6.10 Å². The van der Waals surface area contributed by atoms with E-state index in [1.807, 2.05) is 0 Å². The van der Waals surface area contributed by atoms with Gasteiger partial charge in [-0.05, 0) is 53.1 Å². The monoisotopic (exact) mass is 214 g/mol. The zero-order valence-corrected chi connectivity index (χ0v) is 10.5. The Balaban J connectivity index is 2.05. The van der Waals surface area contributed by atoms with Crippen LogP contribution in [-0.2, 0) is 4.74 Å². The van der Waals surface area contributed by atoms with Gasteiger partial charge < -0.3 is 15.4 Å². The number of hydrogen-bond donors (Lipinski definition) is 1. The number of rotatable bonds is 6. The maximum Gasteiger partial charge on any atom is 0.0702 e. The van der Waals surface area contributed by atoms with Crippen LogP contribution in [0.4, 0.5) is 0 Å². The quantitative estimate of drug-likeness (QED) is 0.730. The second-order valence-corrected chi connectivity index (χ2v) is 5.49. The Hall–Kier alpha value is -0.120. The second-order valence-electron chi connectivity index (χ2n) is 5.49. The molecule has 2 N–H and O–H groups in total. The predicted octanol–water partition coefficient (Wildman–Crippen LogP) is 1.61. The molecule has 3 heteroatoms. The Kier molecular flexibility index (Phi) is 5.03. The molecule has 0 aliphatic carbocycles. The van der Waals surface area contributed by atoms with Gasteiger partial charge in [0.1, 0.15) is 0 Å². The van der Waals surface area contributed by atoms with Crippen LogP contribution in [0.25, 0.3) is 0 Å². The van der Waals surface area contributed by atoms with Crippen LogP contribution in [0.5, 0.6) is 0 Å². The summed E-state index contributed by atoms with van der Waals surface area (Å²) in [5, 5.41) is 0. The molecule has 90 valence electrons. The van der Waals surface area contributed by atoms with Gasteiger partial charge in [0.05, 0.1) is 6.10 Å². The Morgan fingerprint density at radius 3 is 2.73 bits per heavy atom. The molecule has 1 atom stereocenters. The van der Waals surface area contributed by atoms with Crippen LogP contribution < -0.4 is 5.73 Å². The smallest absolute Gasteiger partial charge is 0.0702 e. The fourth-order valence-corrected chi connectivity index (χ4v) is 2.03. The lowest BCUT2D eigenvalue weighted by molar-refractivity contribution is 0.0804. The minimum atomic E-state index is -0.0231. The van der Waals surface area contributed by atoms with Crippen LogP contribution in [0.3, 0.4) is 0 Å². The van der Waals surface area contributed by atoms with Crippen molar-refractivity contribution in [2.45, 2.75) is 51.2 Å². The average Bonchev–Trinajstić information content (AvgIpc) is 2.54. The molecule has 1 rings (SSSR count). The molecule has 1 heterocycles. The third kappa shape index (κ3) is 6.13. The van der Waals surface area contributed by atoms with Crippen LogP contribution >= 0.6 is 0 Å². The lowest BCUT2D eigenvalue weighted by atomic mass is 10.00. The van der Waals surface area contributed by atoms with E-state index >= 15 is 0 Å². The molecule has 1 saturated heterocycles. The molecule has 3 nitrogen and oxygen atoms in total. The van der Waals surface area contributed by atoms with Gasteiger partial charge in [0, 0.05) is 18.7 Å². The topological polar surface area (TPSA) is 38.5 Å². The normalized spacial score (nSPS) is 22.6. The number of nitrogens with zero attached hydrogens (tertiary/aromatic N) is 1. The van der Waals surface area contributed by atoms with E-state index in [1.165, 1.54) is 19.3 Å². The minimum absolute atomic E-state index is 0.0231. The second kappa shape index (κ2) is 5.83. The molecule has 0 spiro atoms. The van der Waals surface area contributed by atoms with Gasteiger partial charge in [-0.3, -0.25) is 0 Å². The molecular formula is C12H26N2O. The molecule has 1 fully saturated rings. The summed E-state index contributed by atoms with van der Waals surface area (Å²) in [6, 6.07) is 0. The SMILES string of the molecule is CN(CCCC(C)(C)N)CC1CCCO1. The van der Waals surface area contributed by atoms with Gasteiger partial charge in [0.25, 0.3) is 0 Å². The van der Waals surface area contributed by atoms with E-state index in [2.05, 4.69) is 25.8 Å². The molecule has 0 radical (unpaired) electrons. The Morgan fingerprint density at radius 2 is 2.20 bits per heavy atom. The zero-order chi connectivity index (χ0) is 11.3. The van der Waals surface area contributed by atoms with Crippen LogP contribution in [0, 0.1) is 0 Å². The highest BCUT2D eigenvalue weighted by Gasteiger charge is 2.17. The molecule has 0 bridgehead atoms. The molecule has 0 aromatic carbocycles. The average molecular weight is 214 g/mol. The first kappa shape index (κ1) is 12.9. The van der Waals surface area contributed by atoms with Gasteiger partial charge in [0.15, 0.2) is 0 Å². The van der Waals surface area contributed by atoms with Crippen LogP contribution in [0.2, 0.25) is 0 Å². The van der Waals surface area contributed by atoms with Crippen LogP contribution in [-0.4, -0.2) is 43.3 Å². The fraction of sp³-hybridized carbons (Fsp3) is 1.00. The number of nitrogens with two attached hydrogens (primary N) is 1. The molecular weight excluding hydrogens is 188 g/mol. The van der Waals surface area contributed by atoms with Crippen molar-refractivity contribution in [2.24, 2.45) is 5.73 Å². The van der Waals surface area contributed by atoms with Crippen molar-refractivity contribution in [1.29, 1.82) is 0 Å². The largest absolute Gasteiger partial charge is 0.377 e. The third-order valence-electron chi connectivity index (χ3n) is 2.90. The summed E-state index contributed by atoms with van der Waals surface area (Å²) in [5.74, 6) is 0. The summed E-state index contributed by atoms with van der Waals surface area (Å²) >= 11 is 0. The Bertz CT molecular complexity index is 171. The first-order valence-corrected chi connectivity index (χ1v) is 6.06. The van der Waals surface area contributed by atoms with Crippen molar-refractivity contribution in [3.63, 3.8) is 0 Å². The number of hydrogen-bond acceptors (Lipinski definition) is 3. The van der Waals surface area contributed by atoms with E-state index in [0.717, 1.165) is 26.1 Å². The summed E-state index contributed by atoms with van der Waals surface area (Å²) in [6.07, 6.45) is 5.19. The number of likely N-dealkylation sites (N-methyl/N-ethyl adjacent to an activating group) is 1. The van der Waals surface area contributed by atoms with Crippen LogP contribution in [0.1, 0.15) is 39.5 Å². The molecule has 15 heavy (non-hydrogen) atoms. The summed E-state index contributed by atoms with van der Waals surface area (Å²) in [7, 11) is 2.17. The van der Waals surface area contributed by atoms with Crippen molar-refractivity contribution in [3.8, 4) is 0 Å². The molecule has 0 saturated carbocycles. The first-order valence-electron chi connectivity index (χ1n) is 6.06. The van der Waals surface area contributed by atoms with Gasteiger partial charge in [-0.1, -0.05) is 0 Å². The van der Waals surface area contributed by atoms with Gasteiger partial charge in [0.2, 0.25) is 0 Å². The minimum Gasteiger partial charge on any atom is -0.377 e. The predicted molar refractivity (Wildman–Crippen MR) is 64.0 cm³/mol.